The molecule has 1 spiro atoms. The van der Waals surface area contributed by atoms with Crippen LogP contribution in [0.5, 0.6) is 5.75 Å². The lowest BCUT2D eigenvalue weighted by molar-refractivity contribution is -0.146. The maximum Gasteiger partial charge on any atom is 0.286 e. The van der Waals surface area contributed by atoms with E-state index in [0.29, 0.717) is 34.8 Å². The molecule has 2 aliphatic rings. The molecule has 0 saturated heterocycles. The second-order valence-corrected chi connectivity index (χ2v) is 7.62. The summed E-state index contributed by atoms with van der Waals surface area (Å²) in [5, 5.41) is 0. The Bertz CT molecular complexity index is 1240. The van der Waals surface area contributed by atoms with E-state index in [0.717, 1.165) is 5.56 Å². The van der Waals surface area contributed by atoms with E-state index in [4.69, 9.17) is 9.47 Å². The Labute approximate surface area is 186 Å². The monoisotopic (exact) mass is 426 g/mol. The Morgan fingerprint density at radius 2 is 1.75 bits per heavy atom. The molecule has 0 bridgehead atoms. The Morgan fingerprint density at radius 1 is 1.06 bits per heavy atom. The van der Waals surface area contributed by atoms with Gasteiger partial charge >= 0.3 is 0 Å². The zero-order valence-corrected chi connectivity index (χ0v) is 17.7. The van der Waals surface area contributed by atoms with Gasteiger partial charge in [0.2, 0.25) is 0 Å². The lowest BCUT2D eigenvalue weighted by Crippen LogP contribution is -2.59. The van der Waals surface area contributed by atoms with Crippen LogP contribution in [-0.4, -0.2) is 25.5 Å². The van der Waals surface area contributed by atoms with Gasteiger partial charge in [0, 0.05) is 17.7 Å². The molecule has 0 aliphatic carbocycles. The van der Waals surface area contributed by atoms with Crippen molar-refractivity contribution in [2.75, 3.05) is 23.5 Å². The van der Waals surface area contributed by atoms with E-state index in [2.05, 4.69) is 6.58 Å². The first-order valence-corrected chi connectivity index (χ1v) is 10.3. The first-order valence-electron chi connectivity index (χ1n) is 10.3. The molecule has 3 aromatic rings. The number of carbonyl (C=O) groups is 2. The van der Waals surface area contributed by atoms with Crippen molar-refractivity contribution in [3.05, 3.63) is 102 Å². The van der Waals surface area contributed by atoms with Crippen molar-refractivity contribution in [2.24, 2.45) is 0 Å². The predicted molar refractivity (Wildman–Crippen MR) is 122 cm³/mol. The number of anilines is 2. The topological polar surface area (TPSA) is 59.1 Å². The third-order valence-corrected chi connectivity index (χ3v) is 5.93. The number of para-hydroxylation sites is 3. The number of rotatable bonds is 4. The maximum absolute atomic E-state index is 14.1. The quantitative estimate of drug-likeness (QED) is 0.585. The molecule has 3 aromatic carbocycles. The fourth-order valence-electron chi connectivity index (χ4n) is 4.53. The number of methoxy groups -OCH3 is 1. The van der Waals surface area contributed by atoms with Gasteiger partial charge in [0.05, 0.1) is 30.7 Å². The minimum absolute atomic E-state index is 0.202. The van der Waals surface area contributed by atoms with Gasteiger partial charge in [-0.1, -0.05) is 54.6 Å². The summed E-state index contributed by atoms with van der Waals surface area (Å²) in [6, 6.07) is 21.9. The molecular formula is C26H22N2O4. The van der Waals surface area contributed by atoms with Crippen molar-refractivity contribution < 1.29 is 19.1 Å². The molecule has 0 radical (unpaired) electrons. The number of hydrogen-bond donors (Lipinski definition) is 0. The highest BCUT2D eigenvalue weighted by Crippen LogP contribution is 2.51. The first-order chi connectivity index (χ1) is 15.6. The van der Waals surface area contributed by atoms with E-state index in [-0.39, 0.29) is 18.4 Å². The number of amides is 2. The molecule has 2 heterocycles. The molecular weight excluding hydrogens is 404 g/mol. The van der Waals surface area contributed by atoms with E-state index < -0.39 is 5.72 Å². The lowest BCUT2D eigenvalue weighted by Gasteiger charge is -2.44. The van der Waals surface area contributed by atoms with Crippen LogP contribution in [0.1, 0.15) is 21.5 Å². The Kier molecular flexibility index (Phi) is 4.79. The normalized spacial score (nSPS) is 19.0. The van der Waals surface area contributed by atoms with Gasteiger partial charge in [-0.05, 0) is 24.3 Å². The number of fused-ring (bicyclic) bond motifs is 3. The van der Waals surface area contributed by atoms with Gasteiger partial charge in [0.1, 0.15) is 5.75 Å². The van der Waals surface area contributed by atoms with Crippen molar-refractivity contribution in [1.82, 2.24) is 0 Å². The standard InChI is InChI=1S/C26H22N2O4/c1-3-16-27-22-14-8-6-12-20(22)26(25(27)30)28(21-13-7-4-10-18(21)17-32-26)24(29)19-11-5-9-15-23(19)31-2/h3-15H,1,16-17H2,2H3. The number of nitrogens with zero attached hydrogens (tertiary/aromatic N) is 2. The van der Waals surface area contributed by atoms with Crippen LogP contribution in [0.2, 0.25) is 0 Å². The Hall–Kier alpha value is -3.90. The first kappa shape index (κ1) is 20.0. The molecule has 0 aromatic heterocycles. The molecule has 0 saturated carbocycles. The minimum Gasteiger partial charge on any atom is -0.496 e. The summed E-state index contributed by atoms with van der Waals surface area (Å²) in [5.41, 5.74) is 1.53. The third kappa shape index (κ3) is 2.70. The molecule has 160 valence electrons. The van der Waals surface area contributed by atoms with E-state index in [9.17, 15) is 9.59 Å². The van der Waals surface area contributed by atoms with E-state index in [1.807, 2.05) is 48.5 Å². The van der Waals surface area contributed by atoms with E-state index in [1.54, 1.807) is 35.2 Å². The van der Waals surface area contributed by atoms with Crippen LogP contribution in [0.15, 0.2) is 85.5 Å². The molecule has 0 N–H and O–H groups in total. The van der Waals surface area contributed by atoms with Gasteiger partial charge in [0.25, 0.3) is 17.5 Å². The maximum atomic E-state index is 14.1. The number of ether oxygens (including phenoxy) is 2. The van der Waals surface area contributed by atoms with Crippen LogP contribution >= 0.6 is 0 Å². The van der Waals surface area contributed by atoms with Crippen molar-refractivity contribution in [2.45, 2.75) is 12.3 Å². The molecule has 32 heavy (non-hydrogen) atoms. The second kappa shape index (κ2) is 7.66. The summed E-state index contributed by atoms with van der Waals surface area (Å²) in [7, 11) is 1.52. The summed E-state index contributed by atoms with van der Waals surface area (Å²) in [4.78, 5) is 31.2. The molecule has 6 nitrogen and oxygen atoms in total. The fourth-order valence-corrected chi connectivity index (χ4v) is 4.53. The molecule has 1 unspecified atom stereocenters. The number of hydrogen-bond acceptors (Lipinski definition) is 4. The Balaban J connectivity index is 1.78. The highest BCUT2D eigenvalue weighted by atomic mass is 16.5. The summed E-state index contributed by atoms with van der Waals surface area (Å²) < 4.78 is 11.8. The number of benzene rings is 3. The van der Waals surface area contributed by atoms with Crippen molar-refractivity contribution in [1.29, 1.82) is 0 Å². The summed E-state index contributed by atoms with van der Waals surface area (Å²) in [5.74, 6) is -0.271. The van der Waals surface area contributed by atoms with Crippen LogP contribution in [0.25, 0.3) is 0 Å². The van der Waals surface area contributed by atoms with Crippen molar-refractivity contribution >= 4 is 23.2 Å². The predicted octanol–water partition coefficient (Wildman–Crippen LogP) is 4.26. The third-order valence-electron chi connectivity index (χ3n) is 5.93. The van der Waals surface area contributed by atoms with Crippen LogP contribution in [0.3, 0.4) is 0 Å². The average Bonchev–Trinajstić information content (AvgIpc) is 3.07. The second-order valence-electron chi connectivity index (χ2n) is 7.62. The van der Waals surface area contributed by atoms with E-state index >= 15 is 0 Å². The SMILES string of the molecule is C=CCN1C(=O)C2(OCc3ccccc3N2C(=O)c2ccccc2OC)c2ccccc21. The van der Waals surface area contributed by atoms with Gasteiger partial charge in [-0.2, -0.15) is 0 Å². The van der Waals surface area contributed by atoms with Crippen LogP contribution in [0.4, 0.5) is 11.4 Å². The van der Waals surface area contributed by atoms with Crippen molar-refractivity contribution in [3.8, 4) is 5.75 Å². The van der Waals surface area contributed by atoms with Gasteiger partial charge in [-0.15, -0.1) is 6.58 Å². The van der Waals surface area contributed by atoms with Crippen LogP contribution in [0, 0.1) is 0 Å². The van der Waals surface area contributed by atoms with Crippen molar-refractivity contribution in [3.63, 3.8) is 0 Å². The Morgan fingerprint density at radius 3 is 2.53 bits per heavy atom. The number of carbonyl (C=O) groups excluding carboxylic acids is 2. The molecule has 2 aliphatic heterocycles. The van der Waals surface area contributed by atoms with E-state index in [1.165, 1.54) is 12.0 Å². The summed E-state index contributed by atoms with van der Waals surface area (Å²) >= 11 is 0. The smallest absolute Gasteiger partial charge is 0.286 e. The average molecular weight is 426 g/mol. The van der Waals surface area contributed by atoms with Gasteiger partial charge < -0.3 is 14.4 Å². The largest absolute Gasteiger partial charge is 0.496 e. The highest BCUT2D eigenvalue weighted by Gasteiger charge is 2.60. The molecule has 5 rings (SSSR count). The van der Waals surface area contributed by atoms with Gasteiger partial charge in [-0.3, -0.25) is 14.5 Å². The molecule has 0 fully saturated rings. The summed E-state index contributed by atoms with van der Waals surface area (Å²) in [6.45, 7) is 4.30. The minimum atomic E-state index is -1.62. The highest BCUT2D eigenvalue weighted by molar-refractivity contribution is 6.18. The van der Waals surface area contributed by atoms with Gasteiger partial charge in [-0.25, -0.2) is 0 Å². The lowest BCUT2D eigenvalue weighted by atomic mass is 9.96. The fraction of sp³-hybridized carbons (Fsp3) is 0.154. The molecule has 2 amide bonds. The zero-order chi connectivity index (χ0) is 22.3. The summed E-state index contributed by atoms with van der Waals surface area (Å²) in [6.07, 6.45) is 1.66. The van der Waals surface area contributed by atoms with Gasteiger partial charge in [0.15, 0.2) is 0 Å². The van der Waals surface area contributed by atoms with Crippen LogP contribution < -0.4 is 14.5 Å². The molecule has 1 atom stereocenters. The van der Waals surface area contributed by atoms with Crippen LogP contribution in [-0.2, 0) is 21.9 Å². The zero-order valence-electron chi connectivity index (χ0n) is 17.7. The molecule has 6 heteroatoms.